The van der Waals surface area contributed by atoms with E-state index in [-0.39, 0.29) is 30.8 Å². The molecule has 1 heterocycles. The van der Waals surface area contributed by atoms with Crippen LogP contribution in [-0.4, -0.2) is 30.1 Å². The summed E-state index contributed by atoms with van der Waals surface area (Å²) in [6.45, 7) is 5.32. The molecule has 3 N–H and O–H groups in total. The average molecular weight is 288 g/mol. The number of carbonyl (C=O) groups excluding carboxylic acids is 1. The Labute approximate surface area is 125 Å². The Morgan fingerprint density at radius 2 is 2.14 bits per heavy atom. The Kier molecular flexibility index (Phi) is 5.28. The van der Waals surface area contributed by atoms with Crippen LogP contribution in [0.2, 0.25) is 6.82 Å². The molecule has 0 spiro atoms. The third-order valence-corrected chi connectivity index (χ3v) is 3.58. The van der Waals surface area contributed by atoms with E-state index >= 15 is 0 Å². The Balaban J connectivity index is 1.81. The molecule has 1 fully saturated rings. The molecule has 1 aliphatic rings. The van der Waals surface area contributed by atoms with Crippen molar-refractivity contribution in [1.29, 1.82) is 0 Å². The Bertz CT molecular complexity index is 495. The van der Waals surface area contributed by atoms with E-state index in [4.69, 9.17) is 4.65 Å². The minimum Gasteiger partial charge on any atom is -0.513 e. The van der Waals surface area contributed by atoms with E-state index in [0.717, 1.165) is 18.5 Å². The first kappa shape index (κ1) is 15.4. The van der Waals surface area contributed by atoms with Gasteiger partial charge >= 0.3 is 12.9 Å². The summed E-state index contributed by atoms with van der Waals surface area (Å²) in [5.74, 6) is 0.109. The third-order valence-electron chi connectivity index (χ3n) is 3.58. The van der Waals surface area contributed by atoms with Gasteiger partial charge in [-0.25, -0.2) is 4.79 Å². The molecule has 0 unspecified atom stereocenters. The first-order chi connectivity index (χ1) is 10.0. The van der Waals surface area contributed by atoms with Crippen LogP contribution in [0.25, 0.3) is 0 Å². The van der Waals surface area contributed by atoms with Gasteiger partial charge in [-0.05, 0) is 25.0 Å². The van der Waals surface area contributed by atoms with Crippen LogP contribution in [-0.2, 0) is 4.65 Å². The van der Waals surface area contributed by atoms with Crippen LogP contribution in [0.1, 0.15) is 19.3 Å². The van der Waals surface area contributed by atoms with E-state index in [2.05, 4.69) is 17.2 Å². The maximum absolute atomic E-state index is 12.0. The van der Waals surface area contributed by atoms with Crippen LogP contribution >= 0.6 is 0 Å². The second-order valence-electron chi connectivity index (χ2n) is 5.38. The van der Waals surface area contributed by atoms with Gasteiger partial charge in [0.05, 0.1) is 5.76 Å². The van der Waals surface area contributed by atoms with Gasteiger partial charge < -0.3 is 20.4 Å². The van der Waals surface area contributed by atoms with Gasteiger partial charge in [0.2, 0.25) is 0 Å². The number of aliphatic hydroxyl groups excluding tert-OH is 1. The number of urea groups is 1. The number of amides is 2. The van der Waals surface area contributed by atoms with Gasteiger partial charge in [0, 0.05) is 24.2 Å². The van der Waals surface area contributed by atoms with E-state index in [9.17, 15) is 9.90 Å². The molecule has 0 bridgehead atoms. The lowest BCUT2D eigenvalue weighted by atomic mass is 9.59. The molecule has 2 rings (SSSR count). The summed E-state index contributed by atoms with van der Waals surface area (Å²) >= 11 is 0. The minimum absolute atomic E-state index is 0.0206. The number of carbonyl (C=O) groups is 1. The predicted molar refractivity (Wildman–Crippen MR) is 84.5 cm³/mol. The number of anilines is 1. The maximum atomic E-state index is 12.0. The van der Waals surface area contributed by atoms with E-state index in [1.54, 1.807) is 0 Å². The first-order valence-corrected chi connectivity index (χ1v) is 7.19. The summed E-state index contributed by atoms with van der Waals surface area (Å²) in [4.78, 5) is 12.0. The van der Waals surface area contributed by atoms with Crippen molar-refractivity contribution >= 4 is 18.6 Å². The van der Waals surface area contributed by atoms with E-state index < -0.39 is 0 Å². The molecular formula is C15H21BN2O3. The number of benzene rings is 1. The monoisotopic (exact) mass is 288 g/mol. The quantitative estimate of drug-likeness (QED) is 0.589. The molecule has 2 amide bonds. The number of aliphatic hydroxyl groups is 1. The fourth-order valence-electron chi connectivity index (χ4n) is 2.53. The second-order valence-corrected chi connectivity index (χ2v) is 5.38. The molecule has 0 aliphatic carbocycles. The lowest BCUT2D eigenvalue weighted by Crippen LogP contribution is -2.52. The Morgan fingerprint density at radius 3 is 2.76 bits per heavy atom. The lowest BCUT2D eigenvalue weighted by Gasteiger charge is -2.33. The number of nitrogens with one attached hydrogen (secondary N) is 2. The summed E-state index contributed by atoms with van der Waals surface area (Å²) in [6.07, 6.45) is 2.04. The molecule has 6 heteroatoms. The van der Waals surface area contributed by atoms with Gasteiger partial charge in [0.25, 0.3) is 0 Å². The molecule has 1 aromatic carbocycles. The van der Waals surface area contributed by atoms with Gasteiger partial charge in [-0.3, -0.25) is 0 Å². The predicted octanol–water partition coefficient (Wildman–Crippen LogP) is 2.98. The van der Waals surface area contributed by atoms with Crippen LogP contribution in [0.3, 0.4) is 0 Å². The molecule has 5 nitrogen and oxygen atoms in total. The molecule has 112 valence electrons. The summed E-state index contributed by atoms with van der Waals surface area (Å²) in [7, 11) is 0. The number of hydrogen-bond donors (Lipinski definition) is 3. The third kappa shape index (κ3) is 4.83. The molecule has 0 aromatic heterocycles. The van der Waals surface area contributed by atoms with Crippen molar-refractivity contribution in [3.8, 4) is 0 Å². The highest BCUT2D eigenvalue weighted by molar-refractivity contribution is 6.52. The van der Waals surface area contributed by atoms with Crippen molar-refractivity contribution in [2.75, 3.05) is 5.32 Å². The van der Waals surface area contributed by atoms with Crippen LogP contribution in [0.15, 0.2) is 42.7 Å². The lowest BCUT2D eigenvalue weighted by molar-refractivity contribution is 0.143. The second kappa shape index (κ2) is 7.17. The fraction of sp³-hybridized carbons (Fsp3) is 0.400. The summed E-state index contributed by atoms with van der Waals surface area (Å²) in [6, 6.07) is 9.08. The highest BCUT2D eigenvalue weighted by Gasteiger charge is 2.32. The molecule has 2 atom stereocenters. The van der Waals surface area contributed by atoms with Crippen molar-refractivity contribution in [3.63, 3.8) is 0 Å². The fourth-order valence-corrected chi connectivity index (χ4v) is 2.53. The molecular weight excluding hydrogens is 267 g/mol. The largest absolute Gasteiger partial charge is 0.513 e. The highest BCUT2D eigenvalue weighted by Crippen LogP contribution is 2.21. The molecule has 0 radical (unpaired) electrons. The van der Waals surface area contributed by atoms with E-state index in [1.165, 1.54) is 0 Å². The topological polar surface area (TPSA) is 70.6 Å². The van der Waals surface area contributed by atoms with Crippen LogP contribution in [0.4, 0.5) is 10.5 Å². The number of hydrogen-bond acceptors (Lipinski definition) is 3. The van der Waals surface area contributed by atoms with Crippen molar-refractivity contribution < 1.29 is 14.6 Å². The standard InChI is InChI=1S/C15H21BN2O3/c1-11(19)10-13-8-9-14(16(2)21-13)18-15(20)17-12-6-4-3-5-7-12/h3-7,13-14,19H,1,8-10H2,2H3,(H2,17,18,20)/t13-,14-/m0/s1. The average Bonchev–Trinajstić information content (AvgIpc) is 2.42. The van der Waals surface area contributed by atoms with Gasteiger partial charge in [-0.2, -0.15) is 0 Å². The SMILES string of the molecule is C=C(O)C[C@@H]1CC[C@H](NC(=O)Nc2ccccc2)B(C)O1. The van der Waals surface area contributed by atoms with Gasteiger partial charge in [0.15, 0.2) is 0 Å². The summed E-state index contributed by atoms with van der Waals surface area (Å²) < 4.78 is 5.80. The van der Waals surface area contributed by atoms with Crippen molar-refractivity contribution in [1.82, 2.24) is 5.32 Å². The van der Waals surface area contributed by atoms with E-state index in [1.807, 2.05) is 37.2 Å². The molecule has 21 heavy (non-hydrogen) atoms. The van der Waals surface area contributed by atoms with Crippen molar-refractivity contribution in [3.05, 3.63) is 42.7 Å². The van der Waals surface area contributed by atoms with Crippen LogP contribution < -0.4 is 10.6 Å². The zero-order chi connectivity index (χ0) is 15.2. The zero-order valence-electron chi connectivity index (χ0n) is 12.2. The zero-order valence-corrected chi connectivity index (χ0v) is 12.2. The summed E-state index contributed by atoms with van der Waals surface area (Å²) in [5, 5.41) is 14.9. The number of para-hydroxylation sites is 1. The van der Waals surface area contributed by atoms with E-state index in [0.29, 0.717) is 6.42 Å². The minimum atomic E-state index is -0.230. The van der Waals surface area contributed by atoms with Gasteiger partial charge in [-0.15, -0.1) is 0 Å². The van der Waals surface area contributed by atoms with Crippen molar-refractivity contribution in [2.24, 2.45) is 0 Å². The number of rotatable bonds is 4. The Morgan fingerprint density at radius 1 is 1.43 bits per heavy atom. The van der Waals surface area contributed by atoms with Gasteiger partial charge in [0.1, 0.15) is 0 Å². The first-order valence-electron chi connectivity index (χ1n) is 7.19. The normalized spacial score (nSPS) is 21.7. The smallest absolute Gasteiger partial charge is 0.318 e. The molecule has 1 aromatic rings. The maximum Gasteiger partial charge on any atom is 0.318 e. The summed E-state index contributed by atoms with van der Waals surface area (Å²) in [5.41, 5.74) is 0.758. The van der Waals surface area contributed by atoms with Crippen LogP contribution in [0, 0.1) is 0 Å². The Hall–Kier alpha value is -1.95. The molecule has 1 saturated heterocycles. The van der Waals surface area contributed by atoms with Crippen molar-refractivity contribution in [2.45, 2.75) is 38.1 Å². The highest BCUT2D eigenvalue weighted by atomic mass is 16.4. The van der Waals surface area contributed by atoms with Crippen LogP contribution in [0.5, 0.6) is 0 Å². The molecule has 1 aliphatic heterocycles. The van der Waals surface area contributed by atoms with Gasteiger partial charge in [-0.1, -0.05) is 31.6 Å². The molecule has 0 saturated carbocycles.